The predicted octanol–water partition coefficient (Wildman–Crippen LogP) is 4.23. The maximum atomic E-state index is 13.4. The second kappa shape index (κ2) is 17.4. The van der Waals surface area contributed by atoms with E-state index in [1.807, 2.05) is 6.92 Å². The van der Waals surface area contributed by atoms with Crippen molar-refractivity contribution in [1.82, 2.24) is 24.2 Å². The first kappa shape index (κ1) is 41.1. The van der Waals surface area contributed by atoms with Gasteiger partial charge in [0.05, 0.1) is 29.9 Å². The number of primary amides is 2. The van der Waals surface area contributed by atoms with Crippen LogP contribution in [0.4, 0.5) is 22.1 Å². The van der Waals surface area contributed by atoms with Crippen molar-refractivity contribution >= 4 is 52.2 Å². The fraction of sp³-hybridized carbons (Fsp3) is 0.389. The maximum Gasteiger partial charge on any atom is 0.410 e. The minimum atomic E-state index is -0.882. The van der Waals surface area contributed by atoms with Gasteiger partial charge < -0.3 is 40.5 Å². The second-order valence-corrected chi connectivity index (χ2v) is 13.3. The average Bonchev–Trinajstić information content (AvgIpc) is 3.67. The summed E-state index contributed by atoms with van der Waals surface area (Å²) in [7, 11) is 3.00. The van der Waals surface area contributed by atoms with E-state index in [4.69, 9.17) is 25.7 Å². The molecule has 0 radical (unpaired) electrons. The summed E-state index contributed by atoms with van der Waals surface area (Å²) in [6.07, 6.45) is 3.23. The highest BCUT2D eigenvalue weighted by atomic mass is 16.6. The van der Waals surface area contributed by atoms with Crippen LogP contribution in [0.3, 0.4) is 0 Å². The summed E-state index contributed by atoms with van der Waals surface area (Å²) < 4.78 is 20.1. The van der Waals surface area contributed by atoms with Crippen molar-refractivity contribution in [3.63, 3.8) is 0 Å². The highest BCUT2D eigenvalue weighted by Gasteiger charge is 2.24. The van der Waals surface area contributed by atoms with E-state index < -0.39 is 40.0 Å². The molecule has 19 nitrogen and oxygen atoms in total. The van der Waals surface area contributed by atoms with Gasteiger partial charge in [-0.1, -0.05) is 12.2 Å². The number of nitro groups is 1. The molecular formula is C36H46N10O9. The van der Waals surface area contributed by atoms with E-state index in [-0.39, 0.29) is 60.5 Å². The normalized spacial score (nSPS) is 11.4. The number of rotatable bonds is 17. The fourth-order valence-electron chi connectivity index (χ4n) is 5.45. The molecule has 0 atom stereocenters. The van der Waals surface area contributed by atoms with Crippen LogP contribution >= 0.6 is 0 Å². The van der Waals surface area contributed by atoms with E-state index >= 15 is 0 Å². The molecule has 2 heterocycles. The number of carbonyl (C=O) groups excluding carboxylic acids is 4. The standard InChI is InChI=1S/C36H46N10O9/c1-8-45-26(16-21(2)42-45)33(49)41-34-40-24-17-22(31(37)47)20-28(53-7)30(24)44(34)14-10-9-12-39-29-25(46(51)52)18-23(32(38)48)19-27(29)54-15-11-13-43(6)35(50)55-36(3,4)5/h9-10,16-20,39H,8,11-15H2,1-7H3,(H2,37,47)(H2,38,48)(H,40,41,49)/b10-9+. The molecule has 294 valence electrons. The Balaban J connectivity index is 1.58. The number of benzene rings is 2. The minimum Gasteiger partial charge on any atom is -0.494 e. The lowest BCUT2D eigenvalue weighted by Crippen LogP contribution is -2.35. The Kier molecular flexibility index (Phi) is 13.0. The molecule has 19 heteroatoms. The third-order valence-electron chi connectivity index (χ3n) is 7.99. The zero-order valence-corrected chi connectivity index (χ0v) is 31.8. The molecule has 4 amide bonds. The van der Waals surface area contributed by atoms with Crippen LogP contribution in [0.25, 0.3) is 11.0 Å². The summed E-state index contributed by atoms with van der Waals surface area (Å²) in [5, 5.41) is 22.3. The second-order valence-electron chi connectivity index (χ2n) is 13.3. The van der Waals surface area contributed by atoms with E-state index in [0.717, 1.165) is 6.07 Å². The zero-order chi connectivity index (χ0) is 40.6. The number of carbonyl (C=O) groups is 4. The third-order valence-corrected chi connectivity index (χ3v) is 7.99. The Bertz CT molecular complexity index is 2130. The number of aromatic nitrogens is 4. The molecule has 0 aliphatic heterocycles. The maximum absolute atomic E-state index is 13.4. The molecule has 0 aliphatic carbocycles. The number of hydrogen-bond acceptors (Lipinski definition) is 12. The van der Waals surface area contributed by atoms with Gasteiger partial charge in [0.2, 0.25) is 17.8 Å². The largest absolute Gasteiger partial charge is 0.494 e. The number of anilines is 2. The molecule has 0 saturated heterocycles. The molecular weight excluding hydrogens is 716 g/mol. The number of amides is 4. The van der Waals surface area contributed by atoms with E-state index in [9.17, 15) is 29.3 Å². The van der Waals surface area contributed by atoms with Crippen LogP contribution in [0, 0.1) is 17.0 Å². The van der Waals surface area contributed by atoms with Gasteiger partial charge in [0.15, 0.2) is 5.69 Å². The summed E-state index contributed by atoms with van der Waals surface area (Å²) in [6.45, 7) is 9.85. The van der Waals surface area contributed by atoms with Crippen molar-refractivity contribution in [2.75, 3.05) is 44.5 Å². The first-order valence-electron chi connectivity index (χ1n) is 17.3. The van der Waals surface area contributed by atoms with Gasteiger partial charge in [-0.15, -0.1) is 0 Å². The number of nitrogens with two attached hydrogens (primary N) is 2. The quantitative estimate of drug-likeness (QED) is 0.0510. The fourth-order valence-corrected chi connectivity index (χ4v) is 5.45. The van der Waals surface area contributed by atoms with Crippen LogP contribution in [-0.2, 0) is 17.8 Å². The molecule has 0 aliphatic rings. The van der Waals surface area contributed by atoms with Gasteiger partial charge >= 0.3 is 6.09 Å². The first-order valence-corrected chi connectivity index (χ1v) is 17.3. The lowest BCUT2D eigenvalue weighted by Gasteiger charge is -2.24. The minimum absolute atomic E-state index is 0.00431. The molecule has 0 fully saturated rings. The van der Waals surface area contributed by atoms with Gasteiger partial charge in [-0.05, 0) is 65.3 Å². The number of nitrogens with zero attached hydrogens (tertiary/aromatic N) is 6. The highest BCUT2D eigenvalue weighted by Crippen LogP contribution is 2.36. The van der Waals surface area contributed by atoms with Crippen LogP contribution in [0.1, 0.15) is 71.0 Å². The topological polar surface area (TPSA) is 254 Å². The highest BCUT2D eigenvalue weighted by molar-refractivity contribution is 6.04. The Morgan fingerprint density at radius 3 is 2.33 bits per heavy atom. The molecule has 2 aromatic carbocycles. The Morgan fingerprint density at radius 2 is 1.71 bits per heavy atom. The number of ether oxygens (including phenoxy) is 3. The lowest BCUT2D eigenvalue weighted by molar-refractivity contribution is -0.384. The molecule has 2 aromatic heterocycles. The van der Waals surface area contributed by atoms with E-state index in [2.05, 4.69) is 20.7 Å². The van der Waals surface area contributed by atoms with Crippen LogP contribution in [-0.4, -0.2) is 92.4 Å². The van der Waals surface area contributed by atoms with Crippen molar-refractivity contribution in [3.05, 3.63) is 75.1 Å². The summed E-state index contributed by atoms with van der Waals surface area (Å²) in [5.74, 6) is -1.60. The Labute approximate surface area is 316 Å². The van der Waals surface area contributed by atoms with Gasteiger partial charge in [0.1, 0.15) is 28.3 Å². The van der Waals surface area contributed by atoms with Crippen molar-refractivity contribution in [3.8, 4) is 11.5 Å². The van der Waals surface area contributed by atoms with Crippen LogP contribution in [0.15, 0.2) is 42.5 Å². The summed E-state index contributed by atoms with van der Waals surface area (Å²) >= 11 is 0. The third kappa shape index (κ3) is 10.3. The van der Waals surface area contributed by atoms with Gasteiger partial charge in [-0.25, -0.2) is 9.78 Å². The predicted molar refractivity (Wildman–Crippen MR) is 204 cm³/mol. The summed E-state index contributed by atoms with van der Waals surface area (Å²) in [6, 6.07) is 6.98. The van der Waals surface area contributed by atoms with E-state index in [1.54, 1.807) is 62.2 Å². The number of nitrogens with one attached hydrogen (secondary N) is 2. The molecule has 6 N–H and O–H groups in total. The lowest BCUT2D eigenvalue weighted by atomic mass is 10.1. The van der Waals surface area contributed by atoms with Gasteiger partial charge in [-0.2, -0.15) is 5.10 Å². The van der Waals surface area contributed by atoms with Crippen molar-refractivity contribution in [2.24, 2.45) is 11.5 Å². The SMILES string of the molecule is CCn1nc(C)cc1C(=O)Nc1nc2cc(C(N)=O)cc(OC)c2n1C/C=C/CNc1c(OCCCN(C)C(=O)OC(C)(C)C)cc(C(N)=O)cc1[N+](=O)[O-]. The number of nitro benzene ring substituents is 1. The van der Waals surface area contributed by atoms with Crippen molar-refractivity contribution in [1.29, 1.82) is 0 Å². The average molecular weight is 763 g/mol. The molecule has 0 spiro atoms. The zero-order valence-electron chi connectivity index (χ0n) is 31.8. The summed E-state index contributed by atoms with van der Waals surface area (Å²) in [5.41, 5.74) is 11.7. The van der Waals surface area contributed by atoms with Crippen LogP contribution < -0.4 is 31.6 Å². The summed E-state index contributed by atoms with van der Waals surface area (Å²) in [4.78, 5) is 67.2. The van der Waals surface area contributed by atoms with Crippen LogP contribution in [0.2, 0.25) is 0 Å². The molecule has 0 bridgehead atoms. The van der Waals surface area contributed by atoms with Crippen LogP contribution in [0.5, 0.6) is 11.5 Å². The van der Waals surface area contributed by atoms with Gasteiger partial charge in [0, 0.05) is 50.4 Å². The molecule has 0 saturated carbocycles. The number of methoxy groups -OCH3 is 1. The van der Waals surface area contributed by atoms with E-state index in [0.29, 0.717) is 35.4 Å². The van der Waals surface area contributed by atoms with Crippen molar-refractivity contribution in [2.45, 2.75) is 59.7 Å². The Morgan fingerprint density at radius 1 is 1.04 bits per heavy atom. The number of fused-ring (bicyclic) bond motifs is 1. The molecule has 4 aromatic rings. The number of allylic oxidation sites excluding steroid dienone is 1. The number of imidazole rings is 1. The number of aryl methyl sites for hydroxylation is 2. The smallest absolute Gasteiger partial charge is 0.410 e. The molecule has 4 rings (SSSR count). The monoisotopic (exact) mass is 762 g/mol. The van der Waals surface area contributed by atoms with Gasteiger partial charge in [0.25, 0.3) is 11.6 Å². The van der Waals surface area contributed by atoms with E-state index in [1.165, 1.54) is 30.2 Å². The first-order chi connectivity index (χ1) is 25.9. The Hall–Kier alpha value is -6.66. The number of hydrogen-bond donors (Lipinski definition) is 4. The molecule has 55 heavy (non-hydrogen) atoms. The van der Waals surface area contributed by atoms with Crippen molar-refractivity contribution < 1.29 is 38.3 Å². The molecule has 0 unspecified atom stereocenters. The van der Waals surface area contributed by atoms with Gasteiger partial charge in [-0.3, -0.25) is 34.5 Å².